The van der Waals surface area contributed by atoms with Gasteiger partial charge in [-0.25, -0.2) is 0 Å². The minimum Gasteiger partial charge on any atom is -0.492 e. The number of carbonyl (C=O) groups is 1. The number of halogens is 1. The average Bonchev–Trinajstić information content (AvgIpc) is 2.34. The Morgan fingerprint density at radius 2 is 2.28 bits per heavy atom. The van der Waals surface area contributed by atoms with Gasteiger partial charge in [-0.3, -0.25) is 4.79 Å². The summed E-state index contributed by atoms with van der Waals surface area (Å²) >= 11 is 3.38. The first-order valence-electron chi connectivity index (χ1n) is 5.80. The molecular weight excluding hydrogens is 298 g/mol. The van der Waals surface area contributed by atoms with Crippen LogP contribution in [0.4, 0.5) is 0 Å². The Hall–Kier alpha value is -1.07. The van der Waals surface area contributed by atoms with Gasteiger partial charge in [-0.1, -0.05) is 22.0 Å². The van der Waals surface area contributed by atoms with Crippen molar-refractivity contribution in [3.05, 3.63) is 28.7 Å². The van der Waals surface area contributed by atoms with Crippen LogP contribution >= 0.6 is 15.9 Å². The smallest absolute Gasteiger partial charge is 0.307 e. The Balaban J connectivity index is 2.17. The molecular formula is C13H18BrNO3. The number of rotatable bonds is 7. The summed E-state index contributed by atoms with van der Waals surface area (Å²) in [5.74, 6) is 0.620. The summed E-state index contributed by atoms with van der Waals surface area (Å²) < 4.78 is 11.1. The third kappa shape index (κ3) is 6.02. The van der Waals surface area contributed by atoms with Crippen molar-refractivity contribution in [1.82, 2.24) is 5.32 Å². The van der Waals surface area contributed by atoms with Gasteiger partial charge in [0.25, 0.3) is 0 Å². The molecule has 1 unspecified atom stereocenters. The van der Waals surface area contributed by atoms with Crippen molar-refractivity contribution >= 4 is 21.9 Å². The second-order valence-electron chi connectivity index (χ2n) is 3.94. The Morgan fingerprint density at radius 1 is 1.50 bits per heavy atom. The van der Waals surface area contributed by atoms with E-state index in [0.717, 1.165) is 10.2 Å². The second kappa shape index (κ2) is 8.11. The summed E-state index contributed by atoms with van der Waals surface area (Å²) in [4.78, 5) is 11.0. The van der Waals surface area contributed by atoms with Gasteiger partial charge in [0.15, 0.2) is 0 Å². The topological polar surface area (TPSA) is 47.6 Å². The van der Waals surface area contributed by atoms with Gasteiger partial charge >= 0.3 is 5.97 Å². The van der Waals surface area contributed by atoms with E-state index < -0.39 is 0 Å². The van der Waals surface area contributed by atoms with Gasteiger partial charge in [0.05, 0.1) is 13.5 Å². The molecule has 100 valence electrons. The van der Waals surface area contributed by atoms with Crippen molar-refractivity contribution in [2.75, 3.05) is 20.3 Å². The monoisotopic (exact) mass is 315 g/mol. The minimum atomic E-state index is -0.206. The quantitative estimate of drug-likeness (QED) is 0.620. The molecule has 0 fully saturated rings. The van der Waals surface area contributed by atoms with Crippen LogP contribution in [-0.4, -0.2) is 32.3 Å². The van der Waals surface area contributed by atoms with E-state index >= 15 is 0 Å². The van der Waals surface area contributed by atoms with Crippen molar-refractivity contribution in [2.45, 2.75) is 19.4 Å². The molecule has 1 atom stereocenters. The van der Waals surface area contributed by atoms with E-state index in [1.807, 2.05) is 31.2 Å². The first-order valence-corrected chi connectivity index (χ1v) is 6.59. The molecule has 1 rings (SSSR count). The number of hydrogen-bond acceptors (Lipinski definition) is 4. The molecule has 4 nitrogen and oxygen atoms in total. The van der Waals surface area contributed by atoms with Gasteiger partial charge in [0.1, 0.15) is 12.4 Å². The lowest BCUT2D eigenvalue weighted by atomic mass is 10.2. The lowest BCUT2D eigenvalue weighted by molar-refractivity contribution is -0.141. The van der Waals surface area contributed by atoms with Crippen molar-refractivity contribution in [3.8, 4) is 5.75 Å². The Bertz CT molecular complexity index is 384. The standard InChI is InChI=1S/C13H18BrNO3/c1-10(8-13(16)17-2)15-6-7-18-12-5-3-4-11(14)9-12/h3-5,9-10,15H,6-8H2,1-2H3. The molecule has 0 saturated heterocycles. The van der Waals surface area contributed by atoms with Crippen LogP contribution in [0.15, 0.2) is 28.7 Å². The largest absolute Gasteiger partial charge is 0.492 e. The number of methoxy groups -OCH3 is 1. The molecule has 0 heterocycles. The third-order valence-electron chi connectivity index (χ3n) is 2.36. The number of carbonyl (C=O) groups excluding carboxylic acids is 1. The fraction of sp³-hybridized carbons (Fsp3) is 0.462. The molecule has 5 heteroatoms. The Kier molecular flexibility index (Phi) is 6.75. The van der Waals surface area contributed by atoms with Gasteiger partial charge in [-0.15, -0.1) is 0 Å². The minimum absolute atomic E-state index is 0.0866. The highest BCUT2D eigenvalue weighted by Gasteiger charge is 2.07. The number of nitrogens with one attached hydrogen (secondary N) is 1. The van der Waals surface area contributed by atoms with Crippen LogP contribution in [-0.2, 0) is 9.53 Å². The predicted molar refractivity (Wildman–Crippen MR) is 73.7 cm³/mol. The van der Waals surface area contributed by atoms with Crippen molar-refractivity contribution in [1.29, 1.82) is 0 Å². The normalized spacial score (nSPS) is 11.9. The molecule has 0 aliphatic carbocycles. The van der Waals surface area contributed by atoms with E-state index in [2.05, 4.69) is 26.0 Å². The number of ether oxygens (including phenoxy) is 2. The lowest BCUT2D eigenvalue weighted by Crippen LogP contribution is -2.32. The zero-order chi connectivity index (χ0) is 13.4. The second-order valence-corrected chi connectivity index (χ2v) is 4.86. The molecule has 0 spiro atoms. The Labute approximate surface area is 116 Å². The molecule has 18 heavy (non-hydrogen) atoms. The van der Waals surface area contributed by atoms with E-state index in [1.54, 1.807) is 0 Å². The molecule has 0 amide bonds. The maximum atomic E-state index is 11.0. The van der Waals surface area contributed by atoms with Crippen molar-refractivity contribution in [2.24, 2.45) is 0 Å². The number of esters is 1. The number of hydrogen-bond donors (Lipinski definition) is 1. The molecule has 0 radical (unpaired) electrons. The average molecular weight is 316 g/mol. The highest BCUT2D eigenvalue weighted by atomic mass is 79.9. The van der Waals surface area contributed by atoms with Gasteiger partial charge in [-0.2, -0.15) is 0 Å². The SMILES string of the molecule is COC(=O)CC(C)NCCOc1cccc(Br)c1. The van der Waals surface area contributed by atoms with Crippen LogP contribution < -0.4 is 10.1 Å². The maximum absolute atomic E-state index is 11.0. The maximum Gasteiger partial charge on any atom is 0.307 e. The van der Waals surface area contributed by atoms with E-state index in [4.69, 9.17) is 4.74 Å². The summed E-state index contributed by atoms with van der Waals surface area (Å²) in [5, 5.41) is 3.20. The zero-order valence-electron chi connectivity index (χ0n) is 10.6. The molecule has 0 aliphatic rings. The molecule has 0 aliphatic heterocycles. The molecule has 1 aromatic rings. The van der Waals surface area contributed by atoms with Gasteiger partial charge in [0.2, 0.25) is 0 Å². The van der Waals surface area contributed by atoms with E-state index in [0.29, 0.717) is 19.6 Å². The third-order valence-corrected chi connectivity index (χ3v) is 2.85. The van der Waals surface area contributed by atoms with Crippen LogP contribution in [0.5, 0.6) is 5.75 Å². The van der Waals surface area contributed by atoms with Crippen molar-refractivity contribution in [3.63, 3.8) is 0 Å². The number of benzene rings is 1. The zero-order valence-corrected chi connectivity index (χ0v) is 12.2. The van der Waals surface area contributed by atoms with Crippen LogP contribution in [0.3, 0.4) is 0 Å². The van der Waals surface area contributed by atoms with E-state index in [1.165, 1.54) is 7.11 Å². The van der Waals surface area contributed by atoms with E-state index in [9.17, 15) is 4.79 Å². The van der Waals surface area contributed by atoms with Crippen LogP contribution in [0.1, 0.15) is 13.3 Å². The summed E-state index contributed by atoms with van der Waals surface area (Å²) in [7, 11) is 1.39. The summed E-state index contributed by atoms with van der Waals surface area (Å²) in [6.45, 7) is 3.18. The fourth-order valence-corrected chi connectivity index (χ4v) is 1.81. The first kappa shape index (κ1) is 15.0. The van der Waals surface area contributed by atoms with E-state index in [-0.39, 0.29) is 12.0 Å². The summed E-state index contributed by atoms with van der Waals surface area (Å²) in [5.41, 5.74) is 0. The lowest BCUT2D eigenvalue weighted by Gasteiger charge is -2.13. The van der Waals surface area contributed by atoms with Crippen LogP contribution in [0.25, 0.3) is 0 Å². The molecule has 0 aromatic heterocycles. The van der Waals surface area contributed by atoms with Crippen LogP contribution in [0.2, 0.25) is 0 Å². The molecule has 0 saturated carbocycles. The Morgan fingerprint density at radius 3 is 2.94 bits per heavy atom. The van der Waals surface area contributed by atoms with Crippen LogP contribution in [0, 0.1) is 0 Å². The fourth-order valence-electron chi connectivity index (χ4n) is 1.44. The molecule has 0 bridgehead atoms. The summed E-state index contributed by atoms with van der Waals surface area (Å²) in [6, 6.07) is 7.78. The van der Waals surface area contributed by atoms with Gasteiger partial charge in [-0.05, 0) is 25.1 Å². The molecule has 1 aromatic carbocycles. The summed E-state index contributed by atoms with van der Waals surface area (Å²) in [6.07, 6.45) is 0.368. The molecule has 1 N–H and O–H groups in total. The highest BCUT2D eigenvalue weighted by Crippen LogP contribution is 2.17. The van der Waals surface area contributed by atoms with Gasteiger partial charge < -0.3 is 14.8 Å². The van der Waals surface area contributed by atoms with Crippen molar-refractivity contribution < 1.29 is 14.3 Å². The van der Waals surface area contributed by atoms with Gasteiger partial charge in [0, 0.05) is 17.1 Å². The highest BCUT2D eigenvalue weighted by molar-refractivity contribution is 9.10. The predicted octanol–water partition coefficient (Wildman–Crippen LogP) is 2.37. The first-order chi connectivity index (χ1) is 8.61.